The zero-order chi connectivity index (χ0) is 12.3. The number of aromatic amines is 1. The Morgan fingerprint density at radius 3 is 3.12 bits per heavy atom. The van der Waals surface area contributed by atoms with Gasteiger partial charge in [-0.2, -0.15) is 0 Å². The van der Waals surface area contributed by atoms with E-state index < -0.39 is 0 Å². The number of nitrogens with zero attached hydrogens (tertiary/aromatic N) is 1. The Balaban J connectivity index is 2.13. The fraction of sp³-hybridized carbons (Fsp3) is 0.273. The predicted molar refractivity (Wildman–Crippen MR) is 72.5 cm³/mol. The summed E-state index contributed by atoms with van der Waals surface area (Å²) < 4.78 is 5.54. The number of thioether (sulfide) groups is 1. The highest BCUT2D eigenvalue weighted by atomic mass is 32.2. The summed E-state index contributed by atoms with van der Waals surface area (Å²) in [6.07, 6.45) is 3.63. The van der Waals surface area contributed by atoms with E-state index in [0.717, 1.165) is 5.69 Å². The fourth-order valence-electron chi connectivity index (χ4n) is 1.45. The number of H-pyrrole nitrogens is 1. The van der Waals surface area contributed by atoms with E-state index in [4.69, 9.17) is 17.0 Å². The van der Waals surface area contributed by atoms with Crippen molar-refractivity contribution in [2.75, 3.05) is 20.3 Å². The van der Waals surface area contributed by atoms with Crippen molar-refractivity contribution in [3.8, 4) is 0 Å². The van der Waals surface area contributed by atoms with Gasteiger partial charge < -0.3 is 9.72 Å². The van der Waals surface area contributed by atoms with Crippen LogP contribution in [-0.2, 0) is 9.53 Å². The number of methoxy groups -OCH3 is 1. The molecular weight excluding hydrogens is 256 g/mol. The van der Waals surface area contributed by atoms with Crippen LogP contribution in [0.15, 0.2) is 23.2 Å². The first-order valence-electron chi connectivity index (χ1n) is 5.10. The molecular formula is C11H12N2O2S2. The minimum atomic E-state index is -0.0494. The molecule has 4 nitrogen and oxygen atoms in total. The number of aromatic nitrogens is 1. The number of carbonyl (C=O) groups excluding carboxylic acids is 1. The van der Waals surface area contributed by atoms with E-state index in [1.165, 1.54) is 11.8 Å². The fourth-order valence-corrected chi connectivity index (χ4v) is 2.75. The smallest absolute Gasteiger partial charge is 0.266 e. The maximum Gasteiger partial charge on any atom is 0.266 e. The number of nitrogens with one attached hydrogen (secondary N) is 1. The van der Waals surface area contributed by atoms with Crippen LogP contribution >= 0.6 is 24.0 Å². The van der Waals surface area contributed by atoms with Crippen LogP contribution in [0.2, 0.25) is 0 Å². The van der Waals surface area contributed by atoms with E-state index in [1.807, 2.05) is 24.4 Å². The molecule has 0 atom stereocenters. The third-order valence-electron chi connectivity index (χ3n) is 2.30. The topological polar surface area (TPSA) is 45.3 Å². The number of rotatable bonds is 4. The van der Waals surface area contributed by atoms with Gasteiger partial charge in [-0.25, -0.2) is 0 Å². The molecule has 0 bridgehead atoms. The zero-order valence-electron chi connectivity index (χ0n) is 9.30. The van der Waals surface area contributed by atoms with Gasteiger partial charge in [0.05, 0.1) is 18.1 Å². The molecule has 90 valence electrons. The molecule has 1 aromatic heterocycles. The molecule has 1 aromatic rings. The van der Waals surface area contributed by atoms with E-state index in [1.54, 1.807) is 12.0 Å². The Bertz CT molecular complexity index is 454. The van der Waals surface area contributed by atoms with Crippen molar-refractivity contribution in [2.45, 2.75) is 0 Å². The number of amides is 1. The average Bonchev–Trinajstić information content (AvgIpc) is 2.89. The zero-order valence-corrected chi connectivity index (χ0v) is 10.9. The molecule has 1 N–H and O–H groups in total. The van der Waals surface area contributed by atoms with Crippen molar-refractivity contribution in [3.63, 3.8) is 0 Å². The van der Waals surface area contributed by atoms with E-state index in [9.17, 15) is 4.79 Å². The standard InChI is InChI=1S/C11H12N2O2S2/c1-15-6-5-13-10(14)9(17-11(13)16)7-8-3-2-4-12-8/h2-4,7,12H,5-6H2,1H3/b9-7-. The van der Waals surface area contributed by atoms with E-state index in [2.05, 4.69) is 4.98 Å². The molecule has 1 aliphatic heterocycles. The van der Waals surface area contributed by atoms with Crippen molar-refractivity contribution in [1.29, 1.82) is 0 Å². The highest BCUT2D eigenvalue weighted by Crippen LogP contribution is 2.31. The molecule has 0 unspecified atom stereocenters. The van der Waals surface area contributed by atoms with Gasteiger partial charge in [-0.1, -0.05) is 24.0 Å². The largest absolute Gasteiger partial charge is 0.383 e. The van der Waals surface area contributed by atoms with E-state index >= 15 is 0 Å². The highest BCUT2D eigenvalue weighted by Gasteiger charge is 2.31. The van der Waals surface area contributed by atoms with Crippen molar-refractivity contribution >= 4 is 40.3 Å². The molecule has 0 saturated carbocycles. The van der Waals surface area contributed by atoms with Gasteiger partial charge in [-0.05, 0) is 18.2 Å². The Hall–Kier alpha value is -1.11. The SMILES string of the molecule is COCCN1C(=O)/C(=C/c2ccc[nH]2)SC1=S. The summed E-state index contributed by atoms with van der Waals surface area (Å²) in [5.74, 6) is -0.0494. The predicted octanol–water partition coefficient (Wildman–Crippen LogP) is 1.86. The van der Waals surface area contributed by atoms with Crippen LogP contribution in [0.5, 0.6) is 0 Å². The number of carbonyl (C=O) groups is 1. The number of ether oxygens (including phenoxy) is 1. The molecule has 1 aliphatic rings. The van der Waals surface area contributed by atoms with Gasteiger partial charge in [0.25, 0.3) is 5.91 Å². The van der Waals surface area contributed by atoms with Crippen molar-refractivity contribution in [3.05, 3.63) is 28.9 Å². The highest BCUT2D eigenvalue weighted by molar-refractivity contribution is 8.26. The third-order valence-corrected chi connectivity index (χ3v) is 3.68. The van der Waals surface area contributed by atoms with Crippen molar-refractivity contribution in [1.82, 2.24) is 9.88 Å². The minimum absolute atomic E-state index is 0.0494. The van der Waals surface area contributed by atoms with Gasteiger partial charge in [0.1, 0.15) is 4.32 Å². The molecule has 0 radical (unpaired) electrons. The summed E-state index contributed by atoms with van der Waals surface area (Å²) in [5, 5.41) is 0. The van der Waals surface area contributed by atoms with Gasteiger partial charge in [0.2, 0.25) is 0 Å². The van der Waals surface area contributed by atoms with Crippen LogP contribution in [0.3, 0.4) is 0 Å². The summed E-state index contributed by atoms with van der Waals surface area (Å²) in [5.41, 5.74) is 0.900. The van der Waals surface area contributed by atoms with E-state index in [0.29, 0.717) is 22.4 Å². The number of thiocarbonyl (C=S) groups is 1. The molecule has 1 amide bonds. The maximum absolute atomic E-state index is 12.0. The third kappa shape index (κ3) is 2.77. The van der Waals surface area contributed by atoms with Crippen LogP contribution in [-0.4, -0.2) is 40.4 Å². The van der Waals surface area contributed by atoms with Crippen molar-refractivity contribution in [2.24, 2.45) is 0 Å². The van der Waals surface area contributed by atoms with Crippen LogP contribution < -0.4 is 0 Å². The van der Waals surface area contributed by atoms with Gasteiger partial charge in [-0.15, -0.1) is 0 Å². The second-order valence-electron chi connectivity index (χ2n) is 3.45. The van der Waals surface area contributed by atoms with Crippen LogP contribution in [0.1, 0.15) is 5.69 Å². The molecule has 6 heteroatoms. The quantitative estimate of drug-likeness (QED) is 0.669. The average molecular weight is 268 g/mol. The maximum atomic E-state index is 12.0. The monoisotopic (exact) mass is 268 g/mol. The first kappa shape index (κ1) is 12.3. The van der Waals surface area contributed by atoms with E-state index in [-0.39, 0.29) is 5.91 Å². The van der Waals surface area contributed by atoms with Gasteiger partial charge in [0.15, 0.2) is 0 Å². The molecule has 1 fully saturated rings. The second-order valence-corrected chi connectivity index (χ2v) is 5.13. The van der Waals surface area contributed by atoms with Crippen LogP contribution in [0, 0.1) is 0 Å². The lowest BCUT2D eigenvalue weighted by molar-refractivity contribution is -0.122. The lowest BCUT2D eigenvalue weighted by Crippen LogP contribution is -2.31. The Labute approximate surface area is 109 Å². The van der Waals surface area contributed by atoms with Gasteiger partial charge in [0, 0.05) is 19.0 Å². The lowest BCUT2D eigenvalue weighted by Gasteiger charge is -2.12. The Kier molecular flexibility index (Phi) is 3.98. The molecule has 17 heavy (non-hydrogen) atoms. The minimum Gasteiger partial charge on any atom is -0.383 e. The first-order valence-corrected chi connectivity index (χ1v) is 6.32. The molecule has 2 rings (SSSR count). The number of hydrogen-bond acceptors (Lipinski definition) is 4. The summed E-state index contributed by atoms with van der Waals surface area (Å²) in [6.45, 7) is 0.992. The van der Waals surface area contributed by atoms with Gasteiger partial charge in [-0.3, -0.25) is 9.69 Å². The second kappa shape index (κ2) is 5.48. The van der Waals surface area contributed by atoms with Gasteiger partial charge >= 0.3 is 0 Å². The molecule has 1 saturated heterocycles. The summed E-state index contributed by atoms with van der Waals surface area (Å²) >= 11 is 6.49. The normalized spacial score (nSPS) is 18.4. The molecule has 0 spiro atoms. The van der Waals surface area contributed by atoms with Crippen LogP contribution in [0.4, 0.5) is 0 Å². The molecule has 0 aliphatic carbocycles. The lowest BCUT2D eigenvalue weighted by atomic mass is 10.3. The van der Waals surface area contributed by atoms with Crippen molar-refractivity contribution < 1.29 is 9.53 Å². The summed E-state index contributed by atoms with van der Waals surface area (Å²) in [6, 6.07) is 3.79. The molecule has 2 heterocycles. The molecule has 0 aromatic carbocycles. The summed E-state index contributed by atoms with van der Waals surface area (Å²) in [4.78, 5) is 17.3. The Morgan fingerprint density at radius 2 is 2.47 bits per heavy atom. The Morgan fingerprint density at radius 1 is 1.65 bits per heavy atom. The van der Waals surface area contributed by atoms with Crippen LogP contribution in [0.25, 0.3) is 6.08 Å². The summed E-state index contributed by atoms with van der Waals surface area (Å²) in [7, 11) is 1.60. The number of hydrogen-bond donors (Lipinski definition) is 1. The first-order chi connectivity index (χ1) is 8.22.